The molecule has 2 rings (SSSR count). The van der Waals surface area contributed by atoms with E-state index in [2.05, 4.69) is 0 Å². The SMILES string of the molecule is CC(C)(C)OC(=O)N1C[C@@H]2C[C@H]1C[C@H]2OC(=O)C(C)(C)C. The van der Waals surface area contributed by atoms with Gasteiger partial charge in [0.05, 0.1) is 5.41 Å². The first-order valence-electron chi connectivity index (χ1n) is 7.68. The third-order valence-corrected chi connectivity index (χ3v) is 3.98. The fraction of sp³-hybridized carbons (Fsp3) is 0.875. The first-order valence-corrected chi connectivity index (χ1v) is 7.68. The van der Waals surface area contributed by atoms with Gasteiger partial charge in [-0.2, -0.15) is 0 Å². The summed E-state index contributed by atoms with van der Waals surface area (Å²) in [5.41, 5.74) is -0.955. The van der Waals surface area contributed by atoms with Crippen LogP contribution in [0, 0.1) is 11.3 Å². The van der Waals surface area contributed by atoms with E-state index in [-0.39, 0.29) is 30.1 Å². The highest BCUT2D eigenvalue weighted by atomic mass is 16.6. The Balaban J connectivity index is 1.90. The van der Waals surface area contributed by atoms with Crippen LogP contribution in [0.25, 0.3) is 0 Å². The van der Waals surface area contributed by atoms with Gasteiger partial charge in [-0.1, -0.05) is 0 Å². The molecular weight excluding hydrogens is 270 g/mol. The number of carbonyl (C=O) groups excluding carboxylic acids is 2. The van der Waals surface area contributed by atoms with Gasteiger partial charge in [-0.15, -0.1) is 0 Å². The van der Waals surface area contributed by atoms with Crippen molar-refractivity contribution < 1.29 is 19.1 Å². The summed E-state index contributed by atoms with van der Waals surface area (Å²) in [6.07, 6.45) is 1.32. The molecule has 1 aliphatic carbocycles. The summed E-state index contributed by atoms with van der Waals surface area (Å²) < 4.78 is 11.0. The number of nitrogens with zero attached hydrogens (tertiary/aromatic N) is 1. The van der Waals surface area contributed by atoms with Crippen LogP contribution in [0.3, 0.4) is 0 Å². The number of amides is 1. The van der Waals surface area contributed by atoms with Gasteiger partial charge in [0.15, 0.2) is 0 Å². The summed E-state index contributed by atoms with van der Waals surface area (Å²) >= 11 is 0. The van der Waals surface area contributed by atoms with E-state index in [4.69, 9.17) is 9.47 Å². The minimum absolute atomic E-state index is 0.0552. The number of fused-ring (bicyclic) bond motifs is 2. The van der Waals surface area contributed by atoms with Gasteiger partial charge in [-0.05, 0) is 48.0 Å². The molecule has 2 fully saturated rings. The van der Waals surface area contributed by atoms with Gasteiger partial charge >= 0.3 is 12.1 Å². The van der Waals surface area contributed by atoms with E-state index in [0.29, 0.717) is 6.54 Å². The van der Waals surface area contributed by atoms with Crippen LogP contribution in [0.4, 0.5) is 4.79 Å². The lowest BCUT2D eigenvalue weighted by molar-refractivity contribution is -0.161. The quantitative estimate of drug-likeness (QED) is 0.698. The lowest BCUT2D eigenvalue weighted by Crippen LogP contribution is -2.45. The van der Waals surface area contributed by atoms with Crippen LogP contribution < -0.4 is 0 Å². The molecule has 0 N–H and O–H groups in total. The summed E-state index contributed by atoms with van der Waals surface area (Å²) in [6.45, 7) is 11.8. The molecule has 0 aromatic heterocycles. The smallest absolute Gasteiger partial charge is 0.410 e. The zero-order valence-corrected chi connectivity index (χ0v) is 13.9. The van der Waals surface area contributed by atoms with Crippen LogP contribution in [0.15, 0.2) is 0 Å². The Morgan fingerprint density at radius 3 is 2.10 bits per heavy atom. The summed E-state index contributed by atoms with van der Waals surface area (Å²) in [5.74, 6) is 0.0812. The molecule has 1 heterocycles. The van der Waals surface area contributed by atoms with Crippen molar-refractivity contribution in [1.29, 1.82) is 0 Å². The van der Waals surface area contributed by atoms with Crippen LogP contribution in [-0.2, 0) is 14.3 Å². The number of hydrogen-bond donors (Lipinski definition) is 0. The van der Waals surface area contributed by atoms with Gasteiger partial charge in [0.1, 0.15) is 11.7 Å². The third-order valence-electron chi connectivity index (χ3n) is 3.98. The molecule has 0 aromatic carbocycles. The lowest BCUT2D eigenvalue weighted by atomic mass is 9.97. The predicted octanol–water partition coefficient (Wildman–Crippen LogP) is 2.97. The Kier molecular flexibility index (Phi) is 3.98. The number of esters is 1. The maximum Gasteiger partial charge on any atom is 0.410 e. The minimum atomic E-state index is -0.479. The van der Waals surface area contributed by atoms with Gasteiger partial charge in [-0.3, -0.25) is 4.79 Å². The molecule has 2 bridgehead atoms. The van der Waals surface area contributed by atoms with Crippen LogP contribution in [0.2, 0.25) is 0 Å². The van der Waals surface area contributed by atoms with E-state index in [9.17, 15) is 9.59 Å². The number of hydrogen-bond acceptors (Lipinski definition) is 4. The topological polar surface area (TPSA) is 55.8 Å². The molecule has 5 nitrogen and oxygen atoms in total. The highest BCUT2D eigenvalue weighted by molar-refractivity contribution is 5.75. The third kappa shape index (κ3) is 3.69. The predicted molar refractivity (Wildman–Crippen MR) is 78.8 cm³/mol. The largest absolute Gasteiger partial charge is 0.462 e. The molecule has 1 aliphatic heterocycles. The average molecular weight is 297 g/mol. The van der Waals surface area contributed by atoms with Gasteiger partial charge in [0.25, 0.3) is 0 Å². The Morgan fingerprint density at radius 1 is 1.05 bits per heavy atom. The zero-order chi connectivity index (χ0) is 16.0. The Hall–Kier alpha value is -1.26. The summed E-state index contributed by atoms with van der Waals surface area (Å²) in [5, 5.41) is 0. The molecule has 0 aromatic rings. The van der Waals surface area contributed by atoms with Crippen molar-refractivity contribution in [3.8, 4) is 0 Å². The van der Waals surface area contributed by atoms with Gasteiger partial charge in [0, 0.05) is 24.9 Å². The van der Waals surface area contributed by atoms with E-state index in [1.54, 1.807) is 4.90 Å². The molecule has 1 saturated carbocycles. The molecule has 1 saturated heterocycles. The second-order valence-corrected chi connectivity index (χ2v) is 8.21. The van der Waals surface area contributed by atoms with Crippen molar-refractivity contribution in [2.24, 2.45) is 11.3 Å². The number of rotatable bonds is 1. The van der Waals surface area contributed by atoms with Gasteiger partial charge in [0.2, 0.25) is 0 Å². The maximum atomic E-state index is 12.1. The number of carbonyl (C=O) groups is 2. The number of piperidine rings is 1. The second-order valence-electron chi connectivity index (χ2n) is 8.21. The van der Waals surface area contributed by atoms with Gasteiger partial charge < -0.3 is 14.4 Å². The van der Waals surface area contributed by atoms with Crippen molar-refractivity contribution in [1.82, 2.24) is 4.90 Å². The van der Waals surface area contributed by atoms with E-state index < -0.39 is 11.0 Å². The minimum Gasteiger partial charge on any atom is -0.462 e. The molecule has 5 heteroatoms. The zero-order valence-electron chi connectivity index (χ0n) is 13.9. The standard InChI is InChI=1S/C16H27NO4/c1-15(2,3)13(18)20-12-8-11-7-10(12)9-17(11)14(19)21-16(4,5)6/h10-12H,7-9H2,1-6H3/t10-,11-,12+/m0/s1. The molecule has 3 atom stereocenters. The molecule has 0 spiro atoms. The Labute approximate surface area is 127 Å². The first-order chi connectivity index (χ1) is 9.47. The normalized spacial score (nSPS) is 28.7. The van der Waals surface area contributed by atoms with Crippen molar-refractivity contribution in [3.05, 3.63) is 0 Å². The molecule has 1 amide bonds. The van der Waals surface area contributed by atoms with Crippen molar-refractivity contribution >= 4 is 12.1 Å². The second kappa shape index (κ2) is 5.18. The monoisotopic (exact) mass is 297 g/mol. The van der Waals surface area contributed by atoms with E-state index in [0.717, 1.165) is 12.8 Å². The van der Waals surface area contributed by atoms with Crippen molar-refractivity contribution in [3.63, 3.8) is 0 Å². The van der Waals surface area contributed by atoms with Crippen LogP contribution in [-0.4, -0.2) is 41.3 Å². The average Bonchev–Trinajstić information content (AvgIpc) is 2.84. The summed E-state index contributed by atoms with van der Waals surface area (Å²) in [4.78, 5) is 25.9. The Morgan fingerprint density at radius 2 is 1.67 bits per heavy atom. The summed E-state index contributed by atoms with van der Waals surface area (Å²) in [6, 6.07) is 0.141. The molecule has 21 heavy (non-hydrogen) atoms. The first kappa shape index (κ1) is 16.1. The lowest BCUT2D eigenvalue weighted by Gasteiger charge is -2.33. The fourth-order valence-electron chi connectivity index (χ4n) is 2.91. The van der Waals surface area contributed by atoms with Crippen molar-refractivity contribution in [2.45, 2.75) is 72.1 Å². The number of likely N-dealkylation sites (tertiary alicyclic amines) is 1. The number of ether oxygens (including phenoxy) is 2. The van der Waals surface area contributed by atoms with Crippen LogP contribution >= 0.6 is 0 Å². The van der Waals surface area contributed by atoms with Crippen molar-refractivity contribution in [2.75, 3.05) is 6.54 Å². The molecule has 0 unspecified atom stereocenters. The van der Waals surface area contributed by atoms with E-state index in [1.807, 2.05) is 41.5 Å². The van der Waals surface area contributed by atoms with Crippen LogP contribution in [0.1, 0.15) is 54.4 Å². The van der Waals surface area contributed by atoms with Crippen LogP contribution in [0.5, 0.6) is 0 Å². The summed E-state index contributed by atoms with van der Waals surface area (Å²) in [7, 11) is 0. The molecule has 2 aliphatic rings. The van der Waals surface area contributed by atoms with E-state index in [1.165, 1.54) is 0 Å². The molecule has 120 valence electrons. The highest BCUT2D eigenvalue weighted by Gasteiger charge is 2.49. The molecular formula is C16H27NO4. The highest BCUT2D eigenvalue weighted by Crippen LogP contribution is 2.40. The maximum absolute atomic E-state index is 12.1. The van der Waals surface area contributed by atoms with Gasteiger partial charge in [-0.25, -0.2) is 4.79 Å². The van der Waals surface area contributed by atoms with E-state index >= 15 is 0 Å². The Bertz CT molecular complexity index is 433. The fourth-order valence-corrected chi connectivity index (χ4v) is 2.91. The molecule has 0 radical (unpaired) electrons.